The molecule has 0 heterocycles. The molecule has 0 aromatic carbocycles. The Morgan fingerprint density at radius 1 is 0.558 bits per heavy atom. The number of carbonyl (C=O) groups excluding carboxylic acids is 4. The van der Waals surface area contributed by atoms with Crippen LogP contribution in [0.25, 0.3) is 0 Å². The van der Waals surface area contributed by atoms with E-state index in [-0.39, 0.29) is 34.1 Å². The van der Waals surface area contributed by atoms with E-state index in [0.717, 1.165) is 12.8 Å². The van der Waals surface area contributed by atoms with Gasteiger partial charge in [0.1, 0.15) is 12.1 Å². The molecule has 0 aromatic rings. The summed E-state index contributed by atoms with van der Waals surface area (Å²) in [7, 11) is 2.60. The van der Waals surface area contributed by atoms with Gasteiger partial charge in [-0.1, -0.05) is 126 Å². The quantitative estimate of drug-likeness (QED) is 0.167. The van der Waals surface area contributed by atoms with Crippen molar-refractivity contribution in [2.75, 3.05) is 14.2 Å². The molecule has 8 nitrogen and oxygen atoms in total. The van der Waals surface area contributed by atoms with Crippen LogP contribution in [0.3, 0.4) is 0 Å². The normalized spacial score (nSPS) is 10.4. The number of amides is 2. The molecule has 0 aliphatic heterocycles. The van der Waals surface area contributed by atoms with Gasteiger partial charge in [0.15, 0.2) is 0 Å². The zero-order chi connectivity index (χ0) is 32.2. The molecule has 0 aromatic heterocycles. The lowest BCUT2D eigenvalue weighted by Crippen LogP contribution is -2.39. The van der Waals surface area contributed by atoms with Crippen molar-refractivity contribution in [1.29, 1.82) is 0 Å². The molecule has 2 atom stereocenters. The molecule has 0 saturated carbocycles. The fourth-order valence-corrected chi connectivity index (χ4v) is 2.11. The number of nitrogens with one attached hydrogen (secondary N) is 2. The first-order valence-corrected chi connectivity index (χ1v) is 14.5. The summed E-state index contributed by atoms with van der Waals surface area (Å²) in [4.78, 5) is 43.7. The molecule has 0 radical (unpaired) electrons. The minimum Gasteiger partial charge on any atom is -0.467 e. The van der Waals surface area contributed by atoms with Crippen LogP contribution in [0.4, 0.5) is 0 Å². The van der Waals surface area contributed by atoms with Crippen LogP contribution < -0.4 is 10.6 Å². The first kappa shape index (κ1) is 59.5. The third-order valence-electron chi connectivity index (χ3n) is 4.58. The highest BCUT2D eigenvalue weighted by Crippen LogP contribution is 1.98. The predicted octanol–water partition coefficient (Wildman–Crippen LogP) is 9.14. The summed E-state index contributed by atoms with van der Waals surface area (Å²) in [5, 5.41) is 5.03. The predicted molar refractivity (Wildman–Crippen MR) is 189 cm³/mol. The average Bonchev–Trinajstić information content (AvgIpc) is 2.94. The van der Waals surface area contributed by atoms with Gasteiger partial charge in [-0.2, -0.15) is 0 Å². The van der Waals surface area contributed by atoms with E-state index in [9.17, 15) is 19.2 Å². The molecular weight excluding hydrogens is 544 g/mol. The molecule has 0 saturated heterocycles. The Balaban J connectivity index is -0.0000000646. The first-order chi connectivity index (χ1) is 19.0. The number of hydrogen-bond donors (Lipinski definition) is 2. The van der Waals surface area contributed by atoms with Crippen LogP contribution in [0, 0.1) is 0 Å². The van der Waals surface area contributed by atoms with Crippen LogP contribution in [-0.2, 0) is 28.7 Å². The second-order valence-corrected chi connectivity index (χ2v) is 8.45. The minimum absolute atomic E-state index is 0. The molecule has 0 aliphatic rings. The van der Waals surface area contributed by atoms with Gasteiger partial charge < -0.3 is 20.1 Å². The Bertz CT molecular complexity index is 665. The summed E-state index contributed by atoms with van der Waals surface area (Å²) in [6, 6.07) is -1.14. The molecule has 260 valence electrons. The Labute approximate surface area is 268 Å². The number of hydrogen-bond acceptors (Lipinski definition) is 6. The van der Waals surface area contributed by atoms with Gasteiger partial charge in [-0.25, -0.2) is 9.59 Å². The molecule has 8 heteroatoms. The summed E-state index contributed by atoms with van der Waals surface area (Å²) in [6.07, 6.45) is 19.9. The van der Waals surface area contributed by atoms with Crippen LogP contribution >= 0.6 is 0 Å². The highest BCUT2D eigenvalue weighted by atomic mass is 16.5. The summed E-state index contributed by atoms with van der Waals surface area (Å²) in [6.45, 7) is 19.5. The van der Waals surface area contributed by atoms with Crippen LogP contribution in [0.1, 0.15) is 143 Å². The molecular formula is C35H74N2O6. The molecule has 0 rings (SSSR count). The lowest BCUT2D eigenvalue weighted by atomic mass is 10.2. The van der Waals surface area contributed by atoms with E-state index in [1.807, 2.05) is 39.0 Å². The molecule has 0 aliphatic carbocycles. The molecule has 0 fully saturated rings. The van der Waals surface area contributed by atoms with E-state index in [0.29, 0.717) is 12.8 Å². The number of methoxy groups -OCH3 is 2. The van der Waals surface area contributed by atoms with E-state index in [1.54, 1.807) is 6.08 Å². The van der Waals surface area contributed by atoms with Gasteiger partial charge in [0, 0.05) is 13.8 Å². The maximum Gasteiger partial charge on any atom is 0.328 e. The van der Waals surface area contributed by atoms with Gasteiger partial charge >= 0.3 is 11.9 Å². The van der Waals surface area contributed by atoms with Crippen LogP contribution in [0.15, 0.2) is 36.5 Å². The number of esters is 2. The lowest BCUT2D eigenvalue weighted by Gasteiger charge is -2.12. The second-order valence-electron chi connectivity index (χ2n) is 8.45. The third kappa shape index (κ3) is 59.4. The molecule has 0 spiro atoms. The Morgan fingerprint density at radius 3 is 1.05 bits per heavy atom. The number of carbonyl (C=O) groups is 4. The topological polar surface area (TPSA) is 111 Å². The Morgan fingerprint density at radius 2 is 0.860 bits per heavy atom. The fourth-order valence-electron chi connectivity index (χ4n) is 2.11. The molecule has 0 unspecified atom stereocenters. The summed E-state index contributed by atoms with van der Waals surface area (Å²) in [5.41, 5.74) is 0. The summed E-state index contributed by atoms with van der Waals surface area (Å²) >= 11 is 0. The maximum absolute atomic E-state index is 11.2. The van der Waals surface area contributed by atoms with E-state index in [1.165, 1.54) is 53.8 Å². The fraction of sp³-hybridized carbons (Fsp3) is 0.714. The summed E-state index contributed by atoms with van der Waals surface area (Å²) < 4.78 is 9.08. The van der Waals surface area contributed by atoms with Crippen molar-refractivity contribution in [3.05, 3.63) is 36.5 Å². The van der Waals surface area contributed by atoms with Crippen molar-refractivity contribution in [3.8, 4) is 0 Å². The third-order valence-corrected chi connectivity index (χ3v) is 4.58. The van der Waals surface area contributed by atoms with E-state index in [2.05, 4.69) is 66.9 Å². The van der Waals surface area contributed by atoms with Crippen molar-refractivity contribution >= 4 is 23.8 Å². The Kier molecular flexibility index (Phi) is 71.7. The smallest absolute Gasteiger partial charge is 0.328 e. The molecule has 43 heavy (non-hydrogen) atoms. The highest BCUT2D eigenvalue weighted by Gasteiger charge is 2.18. The highest BCUT2D eigenvalue weighted by molar-refractivity contribution is 5.83. The van der Waals surface area contributed by atoms with Crippen molar-refractivity contribution in [3.63, 3.8) is 0 Å². The van der Waals surface area contributed by atoms with Gasteiger partial charge in [-0.05, 0) is 39.5 Å². The number of rotatable bonds is 12. The molecule has 0 bridgehead atoms. The SMILES string of the molecule is C.C.C.CC=CCC.CC=CC[C@H](NC(C)=O)C(=O)OC.CCC=CC[C@H](NC(C)=O)C(=O)OC.CCCC.CCCC. The van der Waals surface area contributed by atoms with Crippen molar-refractivity contribution in [2.24, 2.45) is 0 Å². The standard InChI is InChI=1S/C10H17NO3.C9H15NO3.C5H10.2C4H10.3CH4/c1-4-5-6-7-9(10(13)14-3)11-8(2)12;1-4-5-6-8(9(12)13-3)10-7(2)11;1-3-5-4-2;2*1-3-4-2;;;/h5-6,9H,4,7H2,1-3H3,(H,11,12);4-5,8H,6H2,1-3H3,(H,10,11);3,5H,4H2,1-2H3;2*3-4H2,1-2H3;3*1H4/t9-;8-;;;;;;/m00....../s1. The van der Waals surface area contributed by atoms with Crippen LogP contribution in [-0.4, -0.2) is 50.1 Å². The maximum atomic E-state index is 11.2. The van der Waals surface area contributed by atoms with Gasteiger partial charge in [0.25, 0.3) is 0 Å². The van der Waals surface area contributed by atoms with E-state index >= 15 is 0 Å². The van der Waals surface area contributed by atoms with Crippen LogP contribution in [0.5, 0.6) is 0 Å². The first-order valence-electron chi connectivity index (χ1n) is 14.5. The number of allylic oxidation sites excluding steroid dienone is 4. The van der Waals surface area contributed by atoms with Crippen molar-refractivity contribution < 1.29 is 28.7 Å². The van der Waals surface area contributed by atoms with Crippen molar-refractivity contribution in [2.45, 2.75) is 155 Å². The van der Waals surface area contributed by atoms with Gasteiger partial charge in [-0.3, -0.25) is 9.59 Å². The van der Waals surface area contributed by atoms with Gasteiger partial charge in [0.2, 0.25) is 11.8 Å². The lowest BCUT2D eigenvalue weighted by molar-refractivity contribution is -0.145. The molecule has 2 amide bonds. The molecule has 2 N–H and O–H groups in total. The average molecular weight is 619 g/mol. The van der Waals surface area contributed by atoms with Crippen LogP contribution in [0.2, 0.25) is 0 Å². The second kappa shape index (κ2) is 51.8. The van der Waals surface area contributed by atoms with E-state index in [4.69, 9.17) is 0 Å². The Hall–Kier alpha value is -2.90. The zero-order valence-electron chi connectivity index (χ0n) is 27.7. The largest absolute Gasteiger partial charge is 0.467 e. The van der Waals surface area contributed by atoms with Gasteiger partial charge in [0.05, 0.1) is 14.2 Å². The summed E-state index contributed by atoms with van der Waals surface area (Å²) in [5.74, 6) is -1.31. The monoisotopic (exact) mass is 619 g/mol. The van der Waals surface area contributed by atoms with Gasteiger partial charge in [-0.15, -0.1) is 0 Å². The zero-order valence-corrected chi connectivity index (χ0v) is 27.7. The minimum atomic E-state index is -0.571. The van der Waals surface area contributed by atoms with E-state index < -0.39 is 24.0 Å². The number of ether oxygens (including phenoxy) is 2. The number of unbranched alkanes of at least 4 members (excludes halogenated alkanes) is 2. The van der Waals surface area contributed by atoms with Crippen molar-refractivity contribution in [1.82, 2.24) is 10.6 Å².